The lowest BCUT2D eigenvalue weighted by Crippen LogP contribution is -2.59. The van der Waals surface area contributed by atoms with E-state index in [1.807, 2.05) is 54.6 Å². The number of amides is 1. The molecule has 0 bridgehead atoms. The van der Waals surface area contributed by atoms with Gasteiger partial charge in [-0.15, -0.1) is 0 Å². The molecule has 47 heavy (non-hydrogen) atoms. The summed E-state index contributed by atoms with van der Waals surface area (Å²) < 4.78 is 9.25. The number of nitrogens with one attached hydrogen (secondary N) is 1. The molecule has 6 rings (SSSR count). The molecular weight excluding hydrogens is 592 g/mol. The van der Waals surface area contributed by atoms with Gasteiger partial charge in [0.15, 0.2) is 0 Å². The summed E-state index contributed by atoms with van der Waals surface area (Å²) in [6, 6.07) is 21.0. The van der Waals surface area contributed by atoms with Gasteiger partial charge in [-0.1, -0.05) is 18.2 Å². The van der Waals surface area contributed by atoms with Gasteiger partial charge in [0.25, 0.3) is 5.91 Å². The molecule has 1 amide bonds. The smallest absolute Gasteiger partial charge is 0.334 e. The maximum absolute atomic E-state index is 14.2. The van der Waals surface area contributed by atoms with Gasteiger partial charge < -0.3 is 20.7 Å². The lowest BCUT2D eigenvalue weighted by molar-refractivity contribution is -0.128. The van der Waals surface area contributed by atoms with Gasteiger partial charge in [0.05, 0.1) is 17.2 Å². The zero-order valence-corrected chi connectivity index (χ0v) is 27.4. The van der Waals surface area contributed by atoms with E-state index >= 15 is 0 Å². The number of piperazine rings is 1. The first-order valence-electron chi connectivity index (χ1n) is 16.2. The van der Waals surface area contributed by atoms with E-state index in [-0.39, 0.29) is 29.0 Å². The number of nitriles is 1. The second-order valence-corrected chi connectivity index (χ2v) is 13.2. The first-order chi connectivity index (χ1) is 22.6. The molecule has 4 aromatic rings. The number of pyridine rings is 1. The van der Waals surface area contributed by atoms with Gasteiger partial charge in [0.1, 0.15) is 34.5 Å². The van der Waals surface area contributed by atoms with Crippen molar-refractivity contribution in [3.63, 3.8) is 0 Å². The predicted octanol–water partition coefficient (Wildman–Crippen LogP) is 4.64. The summed E-state index contributed by atoms with van der Waals surface area (Å²) in [7, 11) is 0. The van der Waals surface area contributed by atoms with E-state index in [0.717, 1.165) is 13.1 Å². The molecule has 0 spiro atoms. The summed E-state index contributed by atoms with van der Waals surface area (Å²) >= 11 is 0. The van der Waals surface area contributed by atoms with Gasteiger partial charge in [-0.2, -0.15) is 5.26 Å². The number of piperidine rings is 1. The fraction of sp³-hybridized carbons (Fsp3) is 0.389. The number of anilines is 1. The van der Waals surface area contributed by atoms with Crippen LogP contribution in [-0.4, -0.2) is 73.6 Å². The Morgan fingerprint density at radius 2 is 1.72 bits per heavy atom. The normalized spacial score (nSPS) is 21.0. The summed E-state index contributed by atoms with van der Waals surface area (Å²) in [6.45, 7) is 10.8. The standard InChI is InChI=1S/C36H42N8O3/c1-24-21-42(22-25(2)40-24)36(3,4)19-26(20-37)34(45)41-18-8-9-28(23-41)43-31-16-17-39-33(38)32(31)44(35(43)46)27-12-14-30(15-13-27)47-29-10-6-5-7-11-29/h5-7,10-17,19,24-25,28,40H,8-9,18,21-23H2,1-4H3,(H2,38,39)/t24-,25+,28?. The molecule has 2 saturated heterocycles. The Labute approximate surface area is 274 Å². The average Bonchev–Trinajstić information content (AvgIpc) is 3.36. The molecule has 0 aliphatic carbocycles. The van der Waals surface area contributed by atoms with Gasteiger partial charge in [-0.25, -0.2) is 9.78 Å². The summed E-state index contributed by atoms with van der Waals surface area (Å²) in [5.74, 6) is 1.27. The molecule has 2 aliphatic heterocycles. The number of benzene rings is 2. The number of hydrogen-bond acceptors (Lipinski definition) is 8. The van der Waals surface area contributed by atoms with Crippen LogP contribution >= 0.6 is 0 Å². The van der Waals surface area contributed by atoms with E-state index in [0.29, 0.717) is 66.2 Å². The van der Waals surface area contributed by atoms with Crippen LogP contribution in [0.25, 0.3) is 16.7 Å². The van der Waals surface area contributed by atoms with Crippen molar-refractivity contribution in [1.82, 2.24) is 29.2 Å². The minimum atomic E-state index is -0.489. The molecule has 11 nitrogen and oxygen atoms in total. The number of carbonyl (C=O) groups excluding carboxylic acids is 1. The van der Waals surface area contributed by atoms with E-state index in [2.05, 4.69) is 49.0 Å². The molecule has 0 saturated carbocycles. The molecule has 244 valence electrons. The van der Waals surface area contributed by atoms with Crippen molar-refractivity contribution >= 4 is 22.8 Å². The number of nitrogens with two attached hydrogens (primary N) is 1. The van der Waals surface area contributed by atoms with E-state index in [9.17, 15) is 14.9 Å². The van der Waals surface area contributed by atoms with E-state index in [1.54, 1.807) is 32.4 Å². The molecule has 3 atom stereocenters. The lowest BCUT2D eigenvalue weighted by atomic mass is 9.95. The minimum absolute atomic E-state index is 0.121. The van der Waals surface area contributed by atoms with Gasteiger partial charge in [0.2, 0.25) is 0 Å². The number of para-hydroxylation sites is 1. The third-order valence-corrected chi connectivity index (χ3v) is 9.16. The number of ether oxygens (including phenoxy) is 1. The van der Waals surface area contributed by atoms with Crippen molar-refractivity contribution in [3.05, 3.63) is 89.0 Å². The van der Waals surface area contributed by atoms with Crippen LogP contribution in [-0.2, 0) is 4.79 Å². The Morgan fingerprint density at radius 3 is 2.40 bits per heavy atom. The van der Waals surface area contributed by atoms with Gasteiger partial charge >= 0.3 is 5.69 Å². The van der Waals surface area contributed by atoms with Crippen LogP contribution in [0.2, 0.25) is 0 Å². The number of aromatic nitrogens is 3. The number of nitrogens with zero attached hydrogens (tertiary/aromatic N) is 6. The summed E-state index contributed by atoms with van der Waals surface area (Å²) in [4.78, 5) is 36.4. The molecule has 1 unspecified atom stereocenters. The molecule has 2 aliphatic rings. The van der Waals surface area contributed by atoms with Gasteiger partial charge in [-0.3, -0.25) is 18.8 Å². The molecule has 4 heterocycles. The highest BCUT2D eigenvalue weighted by Crippen LogP contribution is 2.30. The SMILES string of the molecule is C[C@@H]1CN(C(C)(C)C=C(C#N)C(=O)N2CCCC(n3c(=O)n(-c4ccc(Oc5ccccc5)cc4)c4c(N)nccc43)C2)C[C@H](C)N1. The molecule has 2 aromatic carbocycles. The Hall–Kier alpha value is -4.92. The summed E-state index contributed by atoms with van der Waals surface area (Å²) in [6.07, 6.45) is 4.79. The number of rotatable bonds is 7. The Balaban J connectivity index is 1.29. The molecule has 11 heteroatoms. The monoisotopic (exact) mass is 634 g/mol. The predicted molar refractivity (Wildman–Crippen MR) is 183 cm³/mol. The van der Waals surface area contributed by atoms with Crippen LogP contribution in [0.4, 0.5) is 5.82 Å². The second kappa shape index (κ2) is 13.1. The highest BCUT2D eigenvalue weighted by atomic mass is 16.5. The maximum atomic E-state index is 14.2. The molecule has 2 aromatic heterocycles. The first-order valence-corrected chi connectivity index (χ1v) is 16.2. The fourth-order valence-corrected chi connectivity index (χ4v) is 6.97. The van der Waals surface area contributed by atoms with Crippen molar-refractivity contribution in [3.8, 4) is 23.3 Å². The number of carbonyl (C=O) groups is 1. The minimum Gasteiger partial charge on any atom is -0.457 e. The Bertz CT molecular complexity index is 1880. The van der Waals surface area contributed by atoms with Crippen LogP contribution < -0.4 is 21.5 Å². The summed E-state index contributed by atoms with van der Waals surface area (Å²) in [5.41, 5.74) is 7.52. The van der Waals surface area contributed by atoms with Gasteiger partial charge in [0, 0.05) is 50.0 Å². The quantitative estimate of drug-likeness (QED) is 0.222. The van der Waals surface area contributed by atoms with Gasteiger partial charge in [-0.05, 0) is 89.1 Å². The first kappa shape index (κ1) is 32.0. The molecule has 0 radical (unpaired) electrons. The van der Waals surface area contributed by atoms with E-state index in [4.69, 9.17) is 10.5 Å². The zero-order chi connectivity index (χ0) is 33.3. The fourth-order valence-electron chi connectivity index (χ4n) is 6.97. The number of imidazole rings is 1. The zero-order valence-electron chi connectivity index (χ0n) is 27.4. The average molecular weight is 635 g/mol. The number of likely N-dealkylation sites (tertiary alicyclic amines) is 1. The Kier molecular flexibility index (Phi) is 8.90. The maximum Gasteiger partial charge on any atom is 0.334 e. The van der Waals surface area contributed by atoms with Crippen LogP contribution in [0.15, 0.2) is 83.3 Å². The number of fused-ring (bicyclic) bond motifs is 1. The van der Waals surface area contributed by atoms with Crippen molar-refractivity contribution in [1.29, 1.82) is 5.26 Å². The third kappa shape index (κ3) is 6.52. The van der Waals surface area contributed by atoms with Crippen LogP contribution in [0, 0.1) is 11.3 Å². The highest BCUT2D eigenvalue weighted by molar-refractivity contribution is 5.97. The van der Waals surface area contributed by atoms with Crippen molar-refractivity contribution in [2.45, 2.75) is 64.2 Å². The van der Waals surface area contributed by atoms with E-state index in [1.165, 1.54) is 0 Å². The summed E-state index contributed by atoms with van der Waals surface area (Å²) in [5, 5.41) is 13.7. The third-order valence-electron chi connectivity index (χ3n) is 9.16. The van der Waals surface area contributed by atoms with Crippen molar-refractivity contribution in [2.24, 2.45) is 0 Å². The Morgan fingerprint density at radius 1 is 1.04 bits per heavy atom. The molecule has 2 fully saturated rings. The van der Waals surface area contributed by atoms with Crippen LogP contribution in [0.3, 0.4) is 0 Å². The highest BCUT2D eigenvalue weighted by Gasteiger charge is 2.34. The lowest BCUT2D eigenvalue weighted by Gasteiger charge is -2.44. The van der Waals surface area contributed by atoms with Crippen LogP contribution in [0.5, 0.6) is 11.5 Å². The van der Waals surface area contributed by atoms with Crippen molar-refractivity contribution < 1.29 is 9.53 Å². The molecular formula is C36H42N8O3. The van der Waals surface area contributed by atoms with E-state index < -0.39 is 5.54 Å². The topological polar surface area (TPSA) is 134 Å². The van der Waals surface area contributed by atoms with Crippen LogP contribution in [0.1, 0.15) is 46.6 Å². The molecule has 3 N–H and O–H groups in total. The number of hydrogen-bond donors (Lipinski definition) is 2. The number of nitrogen functional groups attached to an aromatic ring is 1. The largest absolute Gasteiger partial charge is 0.457 e. The second-order valence-electron chi connectivity index (χ2n) is 13.2. The van der Waals surface area contributed by atoms with Crippen molar-refractivity contribution in [2.75, 3.05) is 31.9 Å².